The van der Waals surface area contributed by atoms with Gasteiger partial charge in [-0.2, -0.15) is 26.3 Å². The Hall–Kier alpha value is -3.50. The van der Waals surface area contributed by atoms with Gasteiger partial charge in [0.05, 0.1) is 35.7 Å². The van der Waals surface area contributed by atoms with E-state index in [1.807, 2.05) is 0 Å². The monoisotopic (exact) mass is 512 g/mol. The molecule has 1 aromatic heterocycles. The van der Waals surface area contributed by atoms with Crippen LogP contribution in [0.5, 0.6) is 11.5 Å². The van der Waals surface area contributed by atoms with Gasteiger partial charge in [0.15, 0.2) is 17.3 Å². The van der Waals surface area contributed by atoms with Crippen LogP contribution in [0.3, 0.4) is 0 Å². The molecule has 4 rings (SSSR count). The van der Waals surface area contributed by atoms with E-state index in [1.165, 1.54) is 18.6 Å². The van der Waals surface area contributed by atoms with E-state index in [9.17, 15) is 31.1 Å². The zero-order valence-corrected chi connectivity index (χ0v) is 19.8. The van der Waals surface area contributed by atoms with Crippen molar-refractivity contribution in [1.29, 1.82) is 0 Å². The van der Waals surface area contributed by atoms with E-state index < -0.39 is 34.8 Å². The number of hydrogen-bond donors (Lipinski definition) is 0. The molecule has 0 aliphatic carbocycles. The Labute approximate surface area is 202 Å². The first-order chi connectivity index (χ1) is 16.7. The Balaban J connectivity index is 2.04. The van der Waals surface area contributed by atoms with Gasteiger partial charge in [0.25, 0.3) is 0 Å². The number of aryl methyl sites for hydroxylation is 1. The van der Waals surface area contributed by atoms with Crippen molar-refractivity contribution in [3.8, 4) is 28.6 Å². The Bertz CT molecular complexity index is 1310. The maximum Gasteiger partial charge on any atom is 0.416 e. The summed E-state index contributed by atoms with van der Waals surface area (Å²) < 4.78 is 93.9. The van der Waals surface area contributed by atoms with Gasteiger partial charge in [-0.25, -0.2) is 4.98 Å². The molecule has 36 heavy (non-hydrogen) atoms. The Morgan fingerprint density at radius 2 is 1.56 bits per heavy atom. The highest BCUT2D eigenvalue weighted by Gasteiger charge is 2.38. The van der Waals surface area contributed by atoms with E-state index in [4.69, 9.17) is 9.47 Å². The van der Waals surface area contributed by atoms with E-state index in [0.717, 1.165) is 0 Å². The van der Waals surface area contributed by atoms with E-state index in [-0.39, 0.29) is 23.7 Å². The van der Waals surface area contributed by atoms with Gasteiger partial charge in [0, 0.05) is 18.6 Å². The first-order valence-electron chi connectivity index (χ1n) is 11.0. The van der Waals surface area contributed by atoms with Crippen LogP contribution in [0.25, 0.3) is 17.1 Å². The number of carbonyl (C=O) groups is 1. The molecular weight excluding hydrogens is 490 g/mol. The zero-order valence-electron chi connectivity index (χ0n) is 19.8. The second-order valence-corrected chi connectivity index (χ2v) is 8.72. The van der Waals surface area contributed by atoms with Gasteiger partial charge in [0.2, 0.25) is 0 Å². The van der Waals surface area contributed by atoms with Crippen LogP contribution in [0.15, 0.2) is 30.3 Å². The number of benzene rings is 2. The van der Waals surface area contributed by atoms with E-state index in [1.54, 1.807) is 26.0 Å². The second-order valence-electron chi connectivity index (χ2n) is 8.72. The molecule has 0 amide bonds. The number of hydrogen-bond acceptors (Lipinski definition) is 4. The molecule has 2 heterocycles. The molecule has 0 saturated carbocycles. The largest absolute Gasteiger partial charge is 0.493 e. The summed E-state index contributed by atoms with van der Waals surface area (Å²) >= 11 is 0. The number of imidazole rings is 1. The number of ether oxygens (including phenoxy) is 2. The van der Waals surface area contributed by atoms with Crippen molar-refractivity contribution >= 4 is 5.78 Å². The Morgan fingerprint density at radius 3 is 2.06 bits per heavy atom. The maximum absolute atomic E-state index is 13.5. The van der Waals surface area contributed by atoms with Crippen molar-refractivity contribution in [2.24, 2.45) is 0 Å². The van der Waals surface area contributed by atoms with Crippen LogP contribution in [0.2, 0.25) is 0 Å². The van der Waals surface area contributed by atoms with Crippen molar-refractivity contribution in [3.63, 3.8) is 0 Å². The number of Topliss-reactive ketones (excluding diaryl/α,β-unsaturated/α-hetero) is 1. The number of carbonyl (C=O) groups excluding carboxylic acids is 1. The molecular formula is C25H22F6N2O3. The van der Waals surface area contributed by atoms with Crippen LogP contribution >= 0.6 is 0 Å². The molecule has 0 radical (unpaired) electrons. The molecule has 0 atom stereocenters. The number of ketones is 1. The van der Waals surface area contributed by atoms with Gasteiger partial charge in [0.1, 0.15) is 11.5 Å². The molecule has 0 saturated heterocycles. The first kappa shape index (κ1) is 25.6. The smallest absolute Gasteiger partial charge is 0.416 e. The normalized spacial score (nSPS) is 13.4. The molecule has 5 nitrogen and oxygen atoms in total. The third-order valence-electron chi connectivity index (χ3n) is 5.75. The van der Waals surface area contributed by atoms with E-state index >= 15 is 0 Å². The second kappa shape index (κ2) is 8.86. The molecule has 0 spiro atoms. The van der Waals surface area contributed by atoms with Crippen LogP contribution < -0.4 is 9.47 Å². The lowest BCUT2D eigenvalue weighted by Crippen LogP contribution is -2.16. The third kappa shape index (κ3) is 4.66. The predicted octanol–water partition coefficient (Wildman–Crippen LogP) is 6.67. The molecule has 1 aliphatic rings. The number of rotatable bonds is 5. The van der Waals surface area contributed by atoms with Gasteiger partial charge < -0.3 is 9.47 Å². The lowest BCUT2D eigenvalue weighted by atomic mass is 9.98. The molecule has 2 aromatic carbocycles. The fourth-order valence-corrected chi connectivity index (χ4v) is 4.26. The number of methoxy groups -OCH3 is 1. The summed E-state index contributed by atoms with van der Waals surface area (Å²) in [7, 11) is 1.46. The topological polar surface area (TPSA) is 53.4 Å². The molecule has 0 N–H and O–H groups in total. The number of fused-ring (bicyclic) bond motifs is 3. The molecule has 3 aromatic rings. The molecule has 0 fully saturated rings. The summed E-state index contributed by atoms with van der Waals surface area (Å²) in [6.45, 7) is 4.83. The highest BCUT2D eigenvalue weighted by Crippen LogP contribution is 2.42. The minimum absolute atomic E-state index is 0.0104. The Morgan fingerprint density at radius 1 is 0.944 bits per heavy atom. The van der Waals surface area contributed by atoms with Crippen molar-refractivity contribution < 1.29 is 40.6 Å². The molecule has 1 aliphatic heterocycles. The third-order valence-corrected chi connectivity index (χ3v) is 5.75. The van der Waals surface area contributed by atoms with Crippen molar-refractivity contribution in [2.45, 2.75) is 52.1 Å². The van der Waals surface area contributed by atoms with Gasteiger partial charge in [-0.15, -0.1) is 0 Å². The van der Waals surface area contributed by atoms with Crippen molar-refractivity contribution in [1.82, 2.24) is 9.55 Å². The maximum atomic E-state index is 13.5. The van der Waals surface area contributed by atoms with Crippen LogP contribution in [0.4, 0.5) is 26.3 Å². The highest BCUT2D eigenvalue weighted by molar-refractivity contribution is 5.94. The summed E-state index contributed by atoms with van der Waals surface area (Å²) in [4.78, 5) is 16.6. The summed E-state index contributed by atoms with van der Waals surface area (Å²) in [6, 6.07) is 4.59. The van der Waals surface area contributed by atoms with Gasteiger partial charge in [-0.05, 0) is 56.5 Å². The lowest BCUT2D eigenvalue weighted by Gasteiger charge is -2.24. The van der Waals surface area contributed by atoms with E-state index in [2.05, 4.69) is 4.98 Å². The fraction of sp³-hybridized carbons (Fsp3) is 0.360. The fourth-order valence-electron chi connectivity index (χ4n) is 4.26. The lowest BCUT2D eigenvalue weighted by molar-refractivity contribution is -0.143. The molecule has 0 bridgehead atoms. The summed E-state index contributed by atoms with van der Waals surface area (Å²) in [5.41, 5.74) is -1.81. The average molecular weight is 512 g/mol. The number of alkyl halides is 6. The number of nitrogens with zero attached hydrogens (tertiary/aromatic N) is 2. The van der Waals surface area contributed by atoms with Crippen LogP contribution in [-0.4, -0.2) is 28.5 Å². The van der Waals surface area contributed by atoms with Gasteiger partial charge >= 0.3 is 12.4 Å². The average Bonchev–Trinajstić information content (AvgIpc) is 3.17. The minimum Gasteiger partial charge on any atom is -0.493 e. The zero-order chi connectivity index (χ0) is 26.6. The predicted molar refractivity (Wildman–Crippen MR) is 119 cm³/mol. The highest BCUT2D eigenvalue weighted by atomic mass is 19.4. The minimum atomic E-state index is -5.03. The molecule has 192 valence electrons. The molecule has 11 heteroatoms. The summed E-state index contributed by atoms with van der Waals surface area (Å²) in [5.74, 6) is 0.109. The quantitative estimate of drug-likeness (QED) is 0.283. The summed E-state index contributed by atoms with van der Waals surface area (Å²) in [5, 5.41) is 0. The number of aromatic nitrogens is 2. The summed E-state index contributed by atoms with van der Waals surface area (Å²) in [6.07, 6.45) is -9.54. The Kier molecular flexibility index (Phi) is 6.30. The first-order valence-corrected chi connectivity index (χ1v) is 11.0. The van der Waals surface area contributed by atoms with Crippen LogP contribution in [0.1, 0.15) is 53.6 Å². The SMILES string of the molecule is COc1cc2c(cc1OC(C)C)-n1c(-c3cc(C(F)(F)F)cc(C(F)(F)F)c3)nc(C(C)=O)c1CC2. The van der Waals surface area contributed by atoms with Crippen LogP contribution in [0, 0.1) is 0 Å². The van der Waals surface area contributed by atoms with Gasteiger partial charge in [-0.1, -0.05) is 0 Å². The standard InChI is InChI=1S/C25H22F6N2O3/c1-12(2)36-21-11-19-14(9-20(21)35-4)5-6-18-22(13(3)34)32-23(33(18)19)15-7-16(24(26,27)28)10-17(8-15)25(29,30)31/h7-12H,5-6H2,1-4H3. The number of halogens is 6. The van der Waals surface area contributed by atoms with Crippen molar-refractivity contribution in [2.75, 3.05) is 7.11 Å². The van der Waals surface area contributed by atoms with Crippen LogP contribution in [-0.2, 0) is 25.2 Å². The molecule has 0 unspecified atom stereocenters. The van der Waals surface area contributed by atoms with E-state index in [0.29, 0.717) is 53.4 Å². The van der Waals surface area contributed by atoms with Crippen molar-refractivity contribution in [3.05, 3.63) is 58.4 Å². The van der Waals surface area contributed by atoms with Gasteiger partial charge in [-0.3, -0.25) is 9.36 Å².